The molecule has 0 bridgehead atoms. The topological polar surface area (TPSA) is 61.0 Å². The van der Waals surface area contributed by atoms with Crippen LogP contribution in [0, 0.1) is 6.92 Å². The summed E-state index contributed by atoms with van der Waals surface area (Å²) in [5, 5.41) is 0. The van der Waals surface area contributed by atoms with Crippen molar-refractivity contribution in [1.29, 1.82) is 0 Å². The molecular formula is C16H12BrNO4. The van der Waals surface area contributed by atoms with E-state index < -0.39 is 5.97 Å². The Morgan fingerprint density at radius 2 is 2.09 bits per heavy atom. The molecule has 22 heavy (non-hydrogen) atoms. The van der Waals surface area contributed by atoms with Crippen LogP contribution in [0.2, 0.25) is 0 Å². The number of furan rings is 1. The molecule has 0 saturated carbocycles. The lowest BCUT2D eigenvalue weighted by Crippen LogP contribution is -2.06. The van der Waals surface area contributed by atoms with Crippen LogP contribution in [-0.2, 0) is 9.53 Å². The number of rotatable bonds is 3. The second-order valence-electron chi connectivity index (χ2n) is 4.63. The number of methoxy groups -OCH3 is 1. The predicted octanol–water partition coefficient (Wildman–Crippen LogP) is 3.70. The molecule has 1 aromatic carbocycles. The van der Waals surface area contributed by atoms with Crippen LogP contribution in [0.5, 0.6) is 5.75 Å². The van der Waals surface area contributed by atoms with Crippen LogP contribution >= 0.6 is 15.9 Å². The molecule has 0 saturated heterocycles. The highest BCUT2D eigenvalue weighted by atomic mass is 79.9. The van der Waals surface area contributed by atoms with Gasteiger partial charge >= 0.3 is 5.97 Å². The summed E-state index contributed by atoms with van der Waals surface area (Å²) in [5.41, 5.74) is 0.875. The summed E-state index contributed by atoms with van der Waals surface area (Å²) in [6, 6.07) is 8.91. The quantitative estimate of drug-likeness (QED) is 0.617. The molecule has 112 valence electrons. The number of carbonyl (C=O) groups excluding carboxylic acids is 1. The average molecular weight is 362 g/mol. The first-order chi connectivity index (χ1) is 10.6. The van der Waals surface area contributed by atoms with E-state index in [0.29, 0.717) is 17.1 Å². The normalized spacial score (nSPS) is 15.9. The molecule has 1 aliphatic heterocycles. The van der Waals surface area contributed by atoms with E-state index in [1.165, 1.54) is 0 Å². The molecule has 0 atom stereocenters. The van der Waals surface area contributed by atoms with Crippen molar-refractivity contribution in [3.05, 3.63) is 57.6 Å². The summed E-state index contributed by atoms with van der Waals surface area (Å²) in [6.07, 6.45) is 1.56. The van der Waals surface area contributed by atoms with E-state index in [4.69, 9.17) is 13.9 Å². The maximum absolute atomic E-state index is 11.9. The number of benzene rings is 1. The SMILES string of the molecule is COc1ccc(C2=N/C(=C\c3ccc(C)o3)C(=O)O2)c(Br)c1. The minimum absolute atomic E-state index is 0.201. The van der Waals surface area contributed by atoms with E-state index in [1.54, 1.807) is 37.5 Å². The largest absolute Gasteiger partial charge is 0.497 e. The van der Waals surface area contributed by atoms with Gasteiger partial charge in [0.1, 0.15) is 17.3 Å². The van der Waals surface area contributed by atoms with Crippen LogP contribution in [-0.4, -0.2) is 19.0 Å². The zero-order chi connectivity index (χ0) is 15.7. The Morgan fingerprint density at radius 3 is 2.73 bits per heavy atom. The Balaban J connectivity index is 1.94. The molecule has 0 N–H and O–H groups in total. The standard InChI is InChI=1S/C16H12BrNO4/c1-9-3-4-11(21-9)8-14-16(19)22-15(18-14)12-6-5-10(20-2)7-13(12)17/h3-8H,1-2H3/b14-8-. The molecule has 0 radical (unpaired) electrons. The molecule has 3 rings (SSSR count). The van der Waals surface area contributed by atoms with E-state index in [0.717, 1.165) is 10.2 Å². The maximum atomic E-state index is 11.9. The number of hydrogen-bond donors (Lipinski definition) is 0. The highest BCUT2D eigenvalue weighted by Gasteiger charge is 2.26. The van der Waals surface area contributed by atoms with Gasteiger partial charge in [-0.2, -0.15) is 0 Å². The molecule has 0 aliphatic carbocycles. The first kappa shape index (κ1) is 14.6. The number of cyclic esters (lactones) is 1. The lowest BCUT2D eigenvalue weighted by molar-refractivity contribution is -0.129. The Kier molecular flexibility index (Phi) is 3.85. The first-order valence-electron chi connectivity index (χ1n) is 6.50. The van der Waals surface area contributed by atoms with E-state index in [1.807, 2.05) is 13.0 Å². The third-order valence-corrected chi connectivity index (χ3v) is 3.72. The lowest BCUT2D eigenvalue weighted by Gasteiger charge is -2.05. The molecule has 1 aromatic heterocycles. The fourth-order valence-corrected chi connectivity index (χ4v) is 2.51. The Hall–Kier alpha value is -2.34. The van der Waals surface area contributed by atoms with Gasteiger partial charge in [-0.3, -0.25) is 0 Å². The minimum atomic E-state index is -0.508. The molecule has 0 spiro atoms. The molecule has 0 amide bonds. The van der Waals surface area contributed by atoms with Gasteiger partial charge in [0, 0.05) is 10.5 Å². The van der Waals surface area contributed by atoms with Gasteiger partial charge < -0.3 is 13.9 Å². The zero-order valence-corrected chi connectivity index (χ0v) is 13.5. The maximum Gasteiger partial charge on any atom is 0.363 e. The van der Waals surface area contributed by atoms with Crippen molar-refractivity contribution in [2.75, 3.05) is 7.11 Å². The monoisotopic (exact) mass is 361 g/mol. The Bertz CT molecular complexity index is 804. The number of aliphatic imine (C=N–C) groups is 1. The third-order valence-electron chi connectivity index (χ3n) is 3.07. The first-order valence-corrected chi connectivity index (χ1v) is 7.29. The fourth-order valence-electron chi connectivity index (χ4n) is 1.99. The highest BCUT2D eigenvalue weighted by molar-refractivity contribution is 9.10. The minimum Gasteiger partial charge on any atom is -0.497 e. The molecule has 6 heteroatoms. The van der Waals surface area contributed by atoms with E-state index in [2.05, 4.69) is 20.9 Å². The van der Waals surface area contributed by atoms with Gasteiger partial charge in [-0.05, 0) is 53.2 Å². The van der Waals surface area contributed by atoms with Gasteiger partial charge in [0.2, 0.25) is 5.90 Å². The third kappa shape index (κ3) is 2.82. The van der Waals surface area contributed by atoms with Gasteiger partial charge in [0.15, 0.2) is 5.70 Å². The van der Waals surface area contributed by atoms with Crippen LogP contribution in [0.1, 0.15) is 17.1 Å². The van der Waals surface area contributed by atoms with Crippen molar-refractivity contribution in [1.82, 2.24) is 0 Å². The van der Waals surface area contributed by atoms with Crippen molar-refractivity contribution in [2.45, 2.75) is 6.92 Å². The zero-order valence-electron chi connectivity index (χ0n) is 11.9. The summed E-state index contributed by atoms with van der Waals surface area (Å²) >= 11 is 3.42. The lowest BCUT2D eigenvalue weighted by atomic mass is 10.2. The number of hydrogen-bond acceptors (Lipinski definition) is 5. The summed E-state index contributed by atoms with van der Waals surface area (Å²) in [6.45, 7) is 1.83. The van der Waals surface area contributed by atoms with Crippen molar-refractivity contribution in [3.8, 4) is 5.75 Å². The summed E-state index contributed by atoms with van der Waals surface area (Å²) in [5.74, 6) is 1.76. The van der Waals surface area contributed by atoms with E-state index in [9.17, 15) is 4.79 Å². The number of esters is 1. The fraction of sp³-hybridized carbons (Fsp3) is 0.125. The predicted molar refractivity (Wildman–Crippen MR) is 84.7 cm³/mol. The van der Waals surface area contributed by atoms with Crippen molar-refractivity contribution < 1.29 is 18.7 Å². The smallest absolute Gasteiger partial charge is 0.363 e. The number of aryl methyl sites for hydroxylation is 1. The number of halogens is 1. The van der Waals surface area contributed by atoms with Gasteiger partial charge in [-0.25, -0.2) is 9.79 Å². The van der Waals surface area contributed by atoms with Crippen molar-refractivity contribution in [2.24, 2.45) is 4.99 Å². The highest BCUT2D eigenvalue weighted by Crippen LogP contribution is 2.27. The number of nitrogens with zero attached hydrogens (tertiary/aromatic N) is 1. The van der Waals surface area contributed by atoms with E-state index >= 15 is 0 Å². The molecular weight excluding hydrogens is 350 g/mol. The van der Waals surface area contributed by atoms with Crippen LogP contribution in [0.15, 0.2) is 49.9 Å². The average Bonchev–Trinajstić information content (AvgIpc) is 3.06. The molecule has 0 fully saturated rings. The molecule has 1 aliphatic rings. The molecule has 2 heterocycles. The van der Waals surface area contributed by atoms with Crippen molar-refractivity contribution in [3.63, 3.8) is 0 Å². The summed E-state index contributed by atoms with van der Waals surface area (Å²) in [7, 11) is 1.58. The summed E-state index contributed by atoms with van der Waals surface area (Å²) < 4.78 is 16.5. The van der Waals surface area contributed by atoms with Crippen molar-refractivity contribution >= 4 is 33.9 Å². The molecule has 2 aromatic rings. The second-order valence-corrected chi connectivity index (χ2v) is 5.48. The van der Waals surface area contributed by atoms with Gasteiger partial charge in [-0.1, -0.05) is 0 Å². The van der Waals surface area contributed by atoms with Crippen LogP contribution < -0.4 is 4.74 Å². The van der Waals surface area contributed by atoms with Gasteiger partial charge in [0.25, 0.3) is 0 Å². The number of ether oxygens (including phenoxy) is 2. The van der Waals surface area contributed by atoms with Gasteiger partial charge in [-0.15, -0.1) is 0 Å². The number of carbonyl (C=O) groups is 1. The second kappa shape index (κ2) is 5.81. The van der Waals surface area contributed by atoms with E-state index in [-0.39, 0.29) is 11.6 Å². The van der Waals surface area contributed by atoms with Crippen LogP contribution in [0.4, 0.5) is 0 Å². The van der Waals surface area contributed by atoms with Gasteiger partial charge in [0.05, 0.1) is 12.7 Å². The summed E-state index contributed by atoms with van der Waals surface area (Å²) in [4.78, 5) is 16.2. The Labute approximate surface area is 135 Å². The molecule has 5 nitrogen and oxygen atoms in total. The van der Waals surface area contributed by atoms with Crippen LogP contribution in [0.3, 0.4) is 0 Å². The molecule has 0 unspecified atom stereocenters. The Morgan fingerprint density at radius 1 is 1.27 bits per heavy atom. The van der Waals surface area contributed by atoms with Crippen LogP contribution in [0.25, 0.3) is 6.08 Å².